The van der Waals surface area contributed by atoms with Crippen molar-refractivity contribution in [1.82, 2.24) is 5.06 Å². The van der Waals surface area contributed by atoms with Crippen LogP contribution in [0.15, 0.2) is 21.2 Å². The second kappa shape index (κ2) is 5.80. The molecular weight excluding hydrogens is 466 g/mol. The summed E-state index contributed by atoms with van der Waals surface area (Å²) in [6.45, 7) is 1.52. The van der Waals surface area contributed by atoms with Gasteiger partial charge in [0.15, 0.2) is 4.33 Å². The molecule has 0 aromatic heterocycles. The third-order valence-corrected chi connectivity index (χ3v) is 8.85. The van der Waals surface area contributed by atoms with Crippen LogP contribution >= 0.6 is 81.2 Å². The van der Waals surface area contributed by atoms with E-state index >= 15 is 0 Å². The van der Waals surface area contributed by atoms with Crippen molar-refractivity contribution >= 4 is 93.0 Å². The average molecular weight is 474 g/mol. The molecule has 4 atom stereocenters. The lowest BCUT2D eigenvalue weighted by atomic mass is 9.84. The van der Waals surface area contributed by atoms with Crippen LogP contribution < -0.4 is 0 Å². The van der Waals surface area contributed by atoms with Crippen molar-refractivity contribution in [2.75, 3.05) is 6.61 Å². The lowest BCUT2D eigenvalue weighted by Crippen LogP contribution is -2.50. The van der Waals surface area contributed by atoms with E-state index in [1.807, 2.05) is 0 Å². The van der Waals surface area contributed by atoms with Gasteiger partial charge in [-0.2, -0.15) is 5.06 Å². The largest absolute Gasteiger partial charge is 0.272 e. The van der Waals surface area contributed by atoms with Crippen molar-refractivity contribution in [2.24, 2.45) is 11.8 Å². The number of halogens is 7. The minimum Gasteiger partial charge on any atom is -0.272 e. The Morgan fingerprint density at radius 2 is 1.50 bits per heavy atom. The standard InChI is InChI=1S/C13H8Cl7NO3/c1-4(14)2-3-24-21-9(22)5-6(10(21)23)12(18)8(16)7(15)11(5,17)13(12,19)20/h2,5-6H,3H2,1H3. The average Bonchev–Trinajstić information content (AvgIpc) is 2.86. The first-order chi connectivity index (χ1) is 10.9. The first kappa shape index (κ1) is 19.4. The van der Waals surface area contributed by atoms with Gasteiger partial charge in [-0.3, -0.25) is 14.4 Å². The van der Waals surface area contributed by atoms with E-state index in [-0.39, 0.29) is 16.7 Å². The summed E-state index contributed by atoms with van der Waals surface area (Å²) in [4.78, 5) is 26.9. The summed E-state index contributed by atoms with van der Waals surface area (Å²) >= 11 is 43.7. The fraction of sp³-hybridized carbons (Fsp3) is 0.538. The monoisotopic (exact) mass is 471 g/mol. The summed E-state index contributed by atoms with van der Waals surface area (Å²) in [7, 11) is 0. The molecule has 132 valence electrons. The maximum Gasteiger partial charge on any atom is 0.259 e. The molecule has 4 nitrogen and oxygen atoms in total. The second-order valence-electron chi connectivity index (χ2n) is 5.64. The predicted octanol–water partition coefficient (Wildman–Crippen LogP) is 4.51. The Balaban J connectivity index is 2.04. The van der Waals surface area contributed by atoms with E-state index in [0.29, 0.717) is 10.1 Å². The van der Waals surface area contributed by atoms with Gasteiger partial charge in [0.1, 0.15) is 9.75 Å². The molecule has 0 N–H and O–H groups in total. The predicted molar refractivity (Wildman–Crippen MR) is 94.7 cm³/mol. The van der Waals surface area contributed by atoms with Gasteiger partial charge < -0.3 is 0 Å². The zero-order valence-electron chi connectivity index (χ0n) is 11.8. The molecule has 1 saturated heterocycles. The molecule has 1 aliphatic heterocycles. The molecule has 11 heteroatoms. The van der Waals surface area contributed by atoms with E-state index in [2.05, 4.69) is 0 Å². The zero-order chi connectivity index (χ0) is 18.2. The van der Waals surface area contributed by atoms with Crippen molar-refractivity contribution in [1.29, 1.82) is 0 Å². The maximum atomic E-state index is 12.7. The molecular formula is C13H8Cl7NO3. The first-order valence-corrected chi connectivity index (χ1v) is 9.23. The lowest BCUT2D eigenvalue weighted by Gasteiger charge is -2.34. The molecule has 0 spiro atoms. The van der Waals surface area contributed by atoms with E-state index in [4.69, 9.17) is 86.0 Å². The third kappa shape index (κ3) is 2.00. The Labute approximate surface area is 172 Å². The minimum absolute atomic E-state index is 0.0986. The molecule has 1 saturated carbocycles. The van der Waals surface area contributed by atoms with Gasteiger partial charge in [0.25, 0.3) is 11.8 Å². The van der Waals surface area contributed by atoms with Crippen molar-refractivity contribution in [3.63, 3.8) is 0 Å². The summed E-state index contributed by atoms with van der Waals surface area (Å²) in [5, 5.41) is 0.728. The maximum absolute atomic E-state index is 12.7. The SMILES string of the molecule is CC(Cl)=CCON1C(=O)C2C(C1=O)C1(Cl)C(Cl)=C(Cl)C2(Cl)C1(Cl)Cl. The molecule has 2 fully saturated rings. The van der Waals surface area contributed by atoms with E-state index in [1.54, 1.807) is 6.92 Å². The summed E-state index contributed by atoms with van der Waals surface area (Å²) in [5.41, 5.74) is 0. The number of carbonyl (C=O) groups excluding carboxylic acids is 2. The van der Waals surface area contributed by atoms with Crippen LogP contribution in [0.3, 0.4) is 0 Å². The summed E-state index contributed by atoms with van der Waals surface area (Å²) < 4.78 is -1.95. The minimum atomic E-state index is -1.95. The van der Waals surface area contributed by atoms with Gasteiger partial charge in [-0.1, -0.05) is 58.0 Å². The quantitative estimate of drug-likeness (QED) is 0.447. The number of rotatable bonds is 3. The molecule has 0 radical (unpaired) electrons. The fourth-order valence-electron chi connectivity index (χ4n) is 3.32. The molecule has 3 rings (SSSR count). The number of carbonyl (C=O) groups is 2. The van der Waals surface area contributed by atoms with Crippen molar-refractivity contribution < 1.29 is 14.4 Å². The normalized spacial score (nSPS) is 40.8. The number of hydrogen-bond donors (Lipinski definition) is 0. The third-order valence-electron chi connectivity index (χ3n) is 4.44. The highest BCUT2D eigenvalue weighted by atomic mass is 35.5. The van der Waals surface area contributed by atoms with E-state index in [0.717, 1.165) is 0 Å². The van der Waals surface area contributed by atoms with Gasteiger partial charge in [0, 0.05) is 5.03 Å². The highest BCUT2D eigenvalue weighted by Crippen LogP contribution is 2.77. The van der Waals surface area contributed by atoms with Gasteiger partial charge >= 0.3 is 0 Å². The van der Waals surface area contributed by atoms with Crippen LogP contribution in [-0.4, -0.2) is 37.6 Å². The molecule has 3 aliphatic rings. The van der Waals surface area contributed by atoms with Crippen LogP contribution in [0.25, 0.3) is 0 Å². The highest BCUT2D eigenvalue weighted by Gasteiger charge is 2.87. The van der Waals surface area contributed by atoms with Gasteiger partial charge in [0.05, 0.1) is 28.5 Å². The molecule has 2 bridgehead atoms. The van der Waals surface area contributed by atoms with Crippen LogP contribution in [0.2, 0.25) is 0 Å². The van der Waals surface area contributed by atoms with Crippen LogP contribution in [0.5, 0.6) is 0 Å². The molecule has 4 unspecified atom stereocenters. The van der Waals surface area contributed by atoms with Crippen molar-refractivity contribution in [2.45, 2.75) is 21.0 Å². The smallest absolute Gasteiger partial charge is 0.259 e. The Hall–Kier alpha value is 0.610. The number of nitrogens with zero attached hydrogens (tertiary/aromatic N) is 1. The Morgan fingerprint density at radius 3 is 1.88 bits per heavy atom. The number of hydroxylamine groups is 2. The summed E-state index contributed by atoms with van der Waals surface area (Å²) in [5.74, 6) is -3.88. The molecule has 0 aromatic rings. The lowest BCUT2D eigenvalue weighted by molar-refractivity contribution is -0.186. The number of hydrogen-bond acceptors (Lipinski definition) is 3. The van der Waals surface area contributed by atoms with Gasteiger partial charge in [-0.05, 0) is 13.0 Å². The molecule has 2 amide bonds. The molecule has 0 aromatic carbocycles. The topological polar surface area (TPSA) is 46.6 Å². The molecule has 2 aliphatic carbocycles. The Kier molecular flexibility index (Phi) is 4.68. The van der Waals surface area contributed by atoms with E-state index in [9.17, 15) is 9.59 Å². The summed E-state index contributed by atoms with van der Waals surface area (Å²) in [6, 6.07) is 0. The van der Waals surface area contributed by atoms with Crippen LogP contribution in [0.4, 0.5) is 0 Å². The fourth-order valence-corrected chi connectivity index (χ4v) is 6.32. The van der Waals surface area contributed by atoms with Gasteiger partial charge in [-0.15, -0.1) is 23.2 Å². The number of alkyl halides is 4. The number of amides is 2. The number of imide groups is 1. The van der Waals surface area contributed by atoms with Gasteiger partial charge in [-0.25, -0.2) is 0 Å². The van der Waals surface area contributed by atoms with E-state index < -0.39 is 37.7 Å². The second-order valence-corrected chi connectivity index (χ2v) is 9.51. The summed E-state index contributed by atoms with van der Waals surface area (Å²) in [6.07, 6.45) is 1.48. The van der Waals surface area contributed by atoms with Crippen LogP contribution in [-0.2, 0) is 14.4 Å². The van der Waals surface area contributed by atoms with Crippen LogP contribution in [0, 0.1) is 11.8 Å². The Bertz CT molecular complexity index is 670. The Morgan fingerprint density at radius 1 is 1.08 bits per heavy atom. The molecule has 1 heterocycles. The zero-order valence-corrected chi connectivity index (χ0v) is 17.0. The number of fused-ring (bicyclic) bond motifs is 5. The van der Waals surface area contributed by atoms with Crippen molar-refractivity contribution in [3.8, 4) is 0 Å². The number of allylic oxidation sites excluding steroid dienone is 3. The van der Waals surface area contributed by atoms with Gasteiger partial charge in [0.2, 0.25) is 0 Å². The molecule has 24 heavy (non-hydrogen) atoms. The van der Waals surface area contributed by atoms with Crippen molar-refractivity contribution in [3.05, 3.63) is 21.2 Å². The highest BCUT2D eigenvalue weighted by molar-refractivity contribution is 6.66. The van der Waals surface area contributed by atoms with E-state index in [1.165, 1.54) is 6.08 Å². The van der Waals surface area contributed by atoms with Crippen LogP contribution in [0.1, 0.15) is 6.92 Å². The first-order valence-electron chi connectivity index (χ1n) is 6.58.